The third kappa shape index (κ3) is 5.68. The Balaban J connectivity index is 1.71. The zero-order chi connectivity index (χ0) is 21.8. The third-order valence-corrected chi connectivity index (χ3v) is 7.11. The van der Waals surface area contributed by atoms with Crippen molar-refractivity contribution in [1.82, 2.24) is 10.0 Å². The van der Waals surface area contributed by atoms with Crippen molar-refractivity contribution in [1.29, 1.82) is 0 Å². The number of hydrogen-bond acceptors (Lipinski definition) is 4. The van der Waals surface area contributed by atoms with Crippen molar-refractivity contribution in [3.8, 4) is 0 Å². The Bertz CT molecular complexity index is 970. The Morgan fingerprint density at radius 2 is 1.83 bits per heavy atom. The van der Waals surface area contributed by atoms with Gasteiger partial charge in [0, 0.05) is 31.2 Å². The van der Waals surface area contributed by atoms with E-state index in [2.05, 4.69) is 10.0 Å². The third-order valence-electron chi connectivity index (χ3n) is 5.69. The van der Waals surface area contributed by atoms with Crippen molar-refractivity contribution in [3.05, 3.63) is 65.7 Å². The van der Waals surface area contributed by atoms with Crippen LogP contribution < -0.4 is 10.0 Å². The van der Waals surface area contributed by atoms with E-state index in [4.69, 9.17) is 0 Å². The van der Waals surface area contributed by atoms with E-state index >= 15 is 0 Å². The fraction of sp³-hybridized carbons (Fsp3) is 0.435. The van der Waals surface area contributed by atoms with Crippen LogP contribution in [0.25, 0.3) is 0 Å². The summed E-state index contributed by atoms with van der Waals surface area (Å²) in [5.41, 5.74) is 0.877. The van der Waals surface area contributed by atoms with Crippen molar-refractivity contribution in [2.24, 2.45) is 11.3 Å². The molecule has 3 N–H and O–H groups in total. The van der Waals surface area contributed by atoms with E-state index in [-0.39, 0.29) is 28.9 Å². The number of amides is 1. The molecule has 0 aromatic heterocycles. The summed E-state index contributed by atoms with van der Waals surface area (Å²) in [4.78, 5) is 12.9. The molecule has 3 rings (SSSR count). The molecule has 1 aliphatic carbocycles. The Morgan fingerprint density at radius 1 is 1.13 bits per heavy atom. The fourth-order valence-electron chi connectivity index (χ4n) is 3.38. The minimum Gasteiger partial charge on any atom is -0.396 e. The summed E-state index contributed by atoms with van der Waals surface area (Å²) in [5, 5.41) is 12.8. The predicted molar refractivity (Wildman–Crippen MR) is 117 cm³/mol. The standard InChI is InChI=1S/C23H30N2O4S/c1-23(2,16-26)21(18-7-4-3-5-8-18)15-24-22(27)19-9-6-10-20(13-19)30(28,29)25-14-17-11-12-17/h3-10,13,17,21,25-26H,11-12,14-16H2,1-2H3,(H,24,27). The molecule has 2 aromatic rings. The van der Waals surface area contributed by atoms with Gasteiger partial charge < -0.3 is 10.4 Å². The van der Waals surface area contributed by atoms with E-state index in [1.807, 2.05) is 44.2 Å². The Morgan fingerprint density at radius 3 is 2.47 bits per heavy atom. The number of sulfonamides is 1. The number of benzene rings is 2. The second kappa shape index (κ2) is 9.29. The molecule has 0 spiro atoms. The number of hydrogen-bond donors (Lipinski definition) is 3. The van der Waals surface area contributed by atoms with Gasteiger partial charge in [-0.25, -0.2) is 13.1 Å². The fourth-order valence-corrected chi connectivity index (χ4v) is 4.54. The Labute approximate surface area is 178 Å². The van der Waals surface area contributed by atoms with Crippen molar-refractivity contribution >= 4 is 15.9 Å². The first-order chi connectivity index (χ1) is 14.2. The van der Waals surface area contributed by atoms with Gasteiger partial charge in [-0.15, -0.1) is 0 Å². The number of carbonyl (C=O) groups excluding carboxylic acids is 1. The topological polar surface area (TPSA) is 95.5 Å². The number of carbonyl (C=O) groups is 1. The summed E-state index contributed by atoms with van der Waals surface area (Å²) < 4.78 is 27.6. The van der Waals surface area contributed by atoms with E-state index in [0.717, 1.165) is 18.4 Å². The smallest absolute Gasteiger partial charge is 0.251 e. The zero-order valence-electron chi connectivity index (χ0n) is 17.5. The first-order valence-corrected chi connectivity index (χ1v) is 11.7. The van der Waals surface area contributed by atoms with Gasteiger partial charge in [-0.3, -0.25) is 4.79 Å². The van der Waals surface area contributed by atoms with Crippen molar-refractivity contribution in [2.45, 2.75) is 37.5 Å². The lowest BCUT2D eigenvalue weighted by Gasteiger charge is -2.33. The molecule has 1 aliphatic rings. The first-order valence-electron chi connectivity index (χ1n) is 10.3. The van der Waals surface area contributed by atoms with E-state index < -0.39 is 15.4 Å². The van der Waals surface area contributed by atoms with Crippen LogP contribution in [0, 0.1) is 11.3 Å². The molecule has 1 unspecified atom stereocenters. The van der Waals surface area contributed by atoms with Crippen LogP contribution >= 0.6 is 0 Å². The quantitative estimate of drug-likeness (QED) is 0.540. The molecule has 1 atom stereocenters. The molecular weight excluding hydrogens is 400 g/mol. The second-order valence-corrected chi connectivity index (χ2v) is 10.4. The van der Waals surface area contributed by atoms with Crippen LogP contribution in [0.5, 0.6) is 0 Å². The number of aliphatic hydroxyl groups excluding tert-OH is 1. The van der Waals surface area contributed by atoms with Gasteiger partial charge in [0.05, 0.1) is 4.90 Å². The molecule has 162 valence electrons. The molecule has 2 aromatic carbocycles. The molecule has 1 saturated carbocycles. The molecule has 7 heteroatoms. The maximum atomic E-state index is 12.8. The van der Waals surface area contributed by atoms with Crippen LogP contribution in [0.3, 0.4) is 0 Å². The predicted octanol–water partition coefficient (Wildman–Crippen LogP) is 2.91. The average molecular weight is 431 g/mol. The van der Waals surface area contributed by atoms with Crippen LogP contribution in [0.1, 0.15) is 48.5 Å². The van der Waals surface area contributed by atoms with Gasteiger partial charge in [0.25, 0.3) is 5.91 Å². The normalized spacial score (nSPS) is 15.6. The summed E-state index contributed by atoms with van der Waals surface area (Å²) in [6.45, 7) is 4.65. The highest BCUT2D eigenvalue weighted by Crippen LogP contribution is 2.34. The largest absolute Gasteiger partial charge is 0.396 e. The van der Waals surface area contributed by atoms with Crippen LogP contribution in [-0.2, 0) is 10.0 Å². The van der Waals surface area contributed by atoms with Crippen molar-refractivity contribution in [3.63, 3.8) is 0 Å². The van der Waals surface area contributed by atoms with Gasteiger partial charge in [-0.1, -0.05) is 50.2 Å². The molecular formula is C23H30N2O4S. The lowest BCUT2D eigenvalue weighted by molar-refractivity contribution is 0.0920. The lowest BCUT2D eigenvalue weighted by atomic mass is 9.75. The van der Waals surface area contributed by atoms with Crippen LogP contribution in [0.4, 0.5) is 0 Å². The molecule has 1 amide bonds. The highest BCUT2D eigenvalue weighted by Gasteiger charge is 2.31. The molecule has 0 radical (unpaired) electrons. The minimum absolute atomic E-state index is 0.0250. The van der Waals surface area contributed by atoms with E-state index in [1.165, 1.54) is 12.1 Å². The van der Waals surface area contributed by atoms with E-state index in [9.17, 15) is 18.3 Å². The molecule has 6 nitrogen and oxygen atoms in total. The Hall–Kier alpha value is -2.22. The summed E-state index contributed by atoms with van der Waals surface area (Å²) in [6, 6.07) is 15.8. The molecule has 0 bridgehead atoms. The lowest BCUT2D eigenvalue weighted by Crippen LogP contribution is -2.37. The van der Waals surface area contributed by atoms with Gasteiger partial charge in [-0.2, -0.15) is 0 Å². The minimum atomic E-state index is -3.64. The molecule has 0 heterocycles. The van der Waals surface area contributed by atoms with Crippen molar-refractivity contribution in [2.75, 3.05) is 19.7 Å². The van der Waals surface area contributed by atoms with Gasteiger partial charge >= 0.3 is 0 Å². The first kappa shape index (κ1) is 22.5. The van der Waals surface area contributed by atoms with E-state index in [0.29, 0.717) is 19.0 Å². The van der Waals surface area contributed by atoms with Crippen LogP contribution in [-0.4, -0.2) is 39.1 Å². The summed E-state index contributed by atoms with van der Waals surface area (Å²) >= 11 is 0. The van der Waals surface area contributed by atoms with Crippen LogP contribution in [0.15, 0.2) is 59.5 Å². The molecule has 0 saturated heterocycles. The molecule has 1 fully saturated rings. The van der Waals surface area contributed by atoms with Crippen LogP contribution in [0.2, 0.25) is 0 Å². The second-order valence-electron chi connectivity index (χ2n) is 8.64. The number of nitrogens with one attached hydrogen (secondary N) is 2. The Kier molecular flexibility index (Phi) is 6.95. The van der Waals surface area contributed by atoms with Gasteiger partial charge in [0.1, 0.15) is 0 Å². The SMILES string of the molecule is CC(C)(CO)C(CNC(=O)c1cccc(S(=O)(=O)NCC2CC2)c1)c1ccccc1. The number of rotatable bonds is 10. The molecule has 0 aliphatic heterocycles. The zero-order valence-corrected chi connectivity index (χ0v) is 18.3. The monoisotopic (exact) mass is 430 g/mol. The average Bonchev–Trinajstić information content (AvgIpc) is 3.58. The maximum Gasteiger partial charge on any atom is 0.251 e. The molecule has 30 heavy (non-hydrogen) atoms. The summed E-state index contributed by atoms with van der Waals surface area (Å²) in [6.07, 6.45) is 2.11. The van der Waals surface area contributed by atoms with Gasteiger partial charge in [-0.05, 0) is 47.9 Å². The van der Waals surface area contributed by atoms with Gasteiger partial charge in [0.15, 0.2) is 0 Å². The summed E-state index contributed by atoms with van der Waals surface area (Å²) in [5.74, 6) is -0.0141. The highest BCUT2D eigenvalue weighted by atomic mass is 32.2. The van der Waals surface area contributed by atoms with E-state index in [1.54, 1.807) is 12.1 Å². The highest BCUT2D eigenvalue weighted by molar-refractivity contribution is 7.89. The van der Waals surface area contributed by atoms with Gasteiger partial charge in [0.2, 0.25) is 10.0 Å². The number of aliphatic hydroxyl groups is 1. The summed E-state index contributed by atoms with van der Waals surface area (Å²) in [7, 11) is -3.64. The van der Waals surface area contributed by atoms with Crippen molar-refractivity contribution < 1.29 is 18.3 Å². The maximum absolute atomic E-state index is 12.8.